The molecule has 4 nitrogen and oxygen atoms in total. The van der Waals surface area contributed by atoms with Crippen LogP contribution in [0.4, 0.5) is 0 Å². The Morgan fingerprint density at radius 3 is 2.31 bits per heavy atom. The van der Waals surface area contributed by atoms with Gasteiger partial charge in [-0.3, -0.25) is 0 Å². The molecule has 2 aliphatic rings. The van der Waals surface area contributed by atoms with Crippen molar-refractivity contribution in [2.45, 2.75) is 55.1 Å². The van der Waals surface area contributed by atoms with E-state index in [0.717, 1.165) is 19.3 Å². The van der Waals surface area contributed by atoms with Gasteiger partial charge in [-0.2, -0.15) is 0 Å². The molecule has 0 bridgehead atoms. The highest BCUT2D eigenvalue weighted by molar-refractivity contribution is 7.92. The molecule has 0 radical (unpaired) electrons. The van der Waals surface area contributed by atoms with Crippen LogP contribution in [0.1, 0.15) is 38.5 Å². The Kier molecular flexibility index (Phi) is 3.87. The predicted molar refractivity (Wildman–Crippen MR) is 63.0 cm³/mol. The molecule has 1 aliphatic carbocycles. The predicted octanol–water partition coefficient (Wildman–Crippen LogP) is 0.850. The lowest BCUT2D eigenvalue weighted by Crippen LogP contribution is -2.41. The van der Waals surface area contributed by atoms with E-state index in [1.165, 1.54) is 0 Å². The molecule has 94 valence electrons. The van der Waals surface area contributed by atoms with Crippen LogP contribution in [0, 0.1) is 0 Å². The lowest BCUT2D eigenvalue weighted by Gasteiger charge is -2.31. The van der Waals surface area contributed by atoms with Gasteiger partial charge in [-0.15, -0.1) is 0 Å². The highest BCUT2D eigenvalue weighted by Gasteiger charge is 2.37. The summed E-state index contributed by atoms with van der Waals surface area (Å²) < 4.78 is 30.0. The fourth-order valence-electron chi connectivity index (χ4n) is 2.76. The monoisotopic (exact) mass is 247 g/mol. The van der Waals surface area contributed by atoms with Crippen LogP contribution in [-0.4, -0.2) is 38.2 Å². The number of sulfone groups is 1. The van der Waals surface area contributed by atoms with Gasteiger partial charge in [0.15, 0.2) is 9.84 Å². The standard InChI is InChI=1S/C11H21NO3S/c12-9-2-1-3-11(8-9)16(13,14)10-4-6-15-7-5-10/h9-11H,1-8,12H2. The fraction of sp³-hybridized carbons (Fsp3) is 1.00. The Morgan fingerprint density at radius 2 is 1.69 bits per heavy atom. The first kappa shape index (κ1) is 12.3. The highest BCUT2D eigenvalue weighted by atomic mass is 32.2. The van der Waals surface area contributed by atoms with Crippen LogP contribution in [0.5, 0.6) is 0 Å². The van der Waals surface area contributed by atoms with Crippen LogP contribution >= 0.6 is 0 Å². The zero-order valence-corrected chi connectivity index (χ0v) is 10.4. The van der Waals surface area contributed by atoms with E-state index >= 15 is 0 Å². The minimum atomic E-state index is -2.98. The molecule has 5 heteroatoms. The van der Waals surface area contributed by atoms with Gasteiger partial charge in [-0.1, -0.05) is 6.42 Å². The fourth-order valence-corrected chi connectivity index (χ4v) is 5.16. The molecule has 0 spiro atoms. The van der Waals surface area contributed by atoms with Crippen molar-refractivity contribution in [3.8, 4) is 0 Å². The average Bonchev–Trinajstić information content (AvgIpc) is 2.30. The van der Waals surface area contributed by atoms with Gasteiger partial charge in [-0.25, -0.2) is 8.42 Å². The third-order valence-electron chi connectivity index (χ3n) is 3.76. The molecule has 2 atom stereocenters. The topological polar surface area (TPSA) is 69.4 Å². The normalized spacial score (nSPS) is 33.8. The van der Waals surface area contributed by atoms with E-state index in [-0.39, 0.29) is 16.5 Å². The summed E-state index contributed by atoms with van der Waals surface area (Å²) in [5, 5.41) is -0.379. The number of nitrogens with two attached hydrogens (primary N) is 1. The van der Waals surface area contributed by atoms with Crippen LogP contribution in [0.15, 0.2) is 0 Å². The second-order valence-electron chi connectivity index (χ2n) is 4.95. The zero-order valence-electron chi connectivity index (χ0n) is 9.60. The summed E-state index contributed by atoms with van der Waals surface area (Å²) in [6.45, 7) is 1.17. The lowest BCUT2D eigenvalue weighted by atomic mass is 9.96. The molecule has 2 rings (SSSR count). The summed E-state index contributed by atoms with van der Waals surface area (Å²) in [7, 11) is -2.98. The zero-order chi connectivity index (χ0) is 11.6. The van der Waals surface area contributed by atoms with Crippen molar-refractivity contribution in [1.29, 1.82) is 0 Å². The third-order valence-corrected chi connectivity index (χ3v) is 6.52. The molecule has 0 aromatic rings. The third kappa shape index (κ3) is 2.57. The summed E-state index contributed by atoms with van der Waals surface area (Å²) in [6.07, 6.45) is 4.70. The van der Waals surface area contributed by atoms with Crippen molar-refractivity contribution >= 4 is 9.84 Å². The van der Waals surface area contributed by atoms with Crippen molar-refractivity contribution < 1.29 is 13.2 Å². The van der Waals surface area contributed by atoms with Gasteiger partial charge in [0.1, 0.15) is 0 Å². The summed E-state index contributed by atoms with van der Waals surface area (Å²) in [6, 6.07) is 0.0772. The first-order valence-corrected chi connectivity index (χ1v) is 7.77. The van der Waals surface area contributed by atoms with Crippen LogP contribution in [0.25, 0.3) is 0 Å². The first-order chi connectivity index (χ1) is 7.60. The molecule has 1 aliphatic heterocycles. The Labute approximate surface area is 97.5 Å². The quantitative estimate of drug-likeness (QED) is 0.785. The maximum absolute atomic E-state index is 12.4. The lowest BCUT2D eigenvalue weighted by molar-refractivity contribution is 0.0981. The van der Waals surface area contributed by atoms with Gasteiger partial charge in [0.25, 0.3) is 0 Å². The Hall–Kier alpha value is -0.130. The van der Waals surface area contributed by atoms with Crippen molar-refractivity contribution in [3.63, 3.8) is 0 Å². The second kappa shape index (κ2) is 5.02. The van der Waals surface area contributed by atoms with Crippen molar-refractivity contribution in [2.75, 3.05) is 13.2 Å². The Balaban J connectivity index is 2.05. The van der Waals surface area contributed by atoms with E-state index in [0.29, 0.717) is 32.5 Å². The van der Waals surface area contributed by atoms with Crippen molar-refractivity contribution in [3.05, 3.63) is 0 Å². The summed E-state index contributed by atoms with van der Waals surface area (Å²) in [5.74, 6) is 0. The molecule has 2 fully saturated rings. The van der Waals surface area contributed by atoms with E-state index in [9.17, 15) is 8.42 Å². The van der Waals surface area contributed by atoms with Crippen LogP contribution < -0.4 is 5.73 Å². The first-order valence-electron chi connectivity index (χ1n) is 6.16. The largest absolute Gasteiger partial charge is 0.381 e. The van der Waals surface area contributed by atoms with Gasteiger partial charge in [0, 0.05) is 19.3 Å². The van der Waals surface area contributed by atoms with Gasteiger partial charge in [-0.05, 0) is 32.1 Å². The van der Waals surface area contributed by atoms with Gasteiger partial charge < -0.3 is 10.5 Å². The van der Waals surface area contributed by atoms with E-state index < -0.39 is 9.84 Å². The molecular weight excluding hydrogens is 226 g/mol. The summed E-state index contributed by atoms with van der Waals surface area (Å²) in [4.78, 5) is 0. The minimum Gasteiger partial charge on any atom is -0.381 e. The minimum absolute atomic E-state index is 0.0772. The number of ether oxygens (including phenoxy) is 1. The second-order valence-corrected chi connectivity index (χ2v) is 7.46. The molecule has 1 saturated carbocycles. The SMILES string of the molecule is NC1CCCC(S(=O)(=O)C2CCOCC2)C1. The molecule has 16 heavy (non-hydrogen) atoms. The Bertz CT molecular complexity index is 322. The van der Waals surface area contributed by atoms with E-state index in [1.54, 1.807) is 0 Å². The van der Waals surface area contributed by atoms with E-state index in [4.69, 9.17) is 10.5 Å². The molecule has 1 saturated heterocycles. The summed E-state index contributed by atoms with van der Waals surface area (Å²) in [5.41, 5.74) is 5.86. The van der Waals surface area contributed by atoms with Crippen molar-refractivity contribution in [1.82, 2.24) is 0 Å². The highest BCUT2D eigenvalue weighted by Crippen LogP contribution is 2.29. The maximum Gasteiger partial charge on any atom is 0.156 e. The molecule has 2 N–H and O–H groups in total. The molecule has 0 aromatic carbocycles. The Morgan fingerprint density at radius 1 is 1.00 bits per heavy atom. The maximum atomic E-state index is 12.4. The molecule has 1 heterocycles. The number of hydrogen-bond acceptors (Lipinski definition) is 4. The molecular formula is C11H21NO3S. The molecule has 2 unspecified atom stereocenters. The number of rotatable bonds is 2. The van der Waals surface area contributed by atoms with Gasteiger partial charge in [0.05, 0.1) is 10.5 Å². The summed E-state index contributed by atoms with van der Waals surface area (Å²) >= 11 is 0. The van der Waals surface area contributed by atoms with E-state index in [1.807, 2.05) is 0 Å². The molecule has 0 amide bonds. The van der Waals surface area contributed by atoms with Gasteiger partial charge in [0.2, 0.25) is 0 Å². The van der Waals surface area contributed by atoms with Crippen LogP contribution in [0.2, 0.25) is 0 Å². The van der Waals surface area contributed by atoms with Crippen LogP contribution in [-0.2, 0) is 14.6 Å². The van der Waals surface area contributed by atoms with Crippen molar-refractivity contribution in [2.24, 2.45) is 5.73 Å². The number of hydrogen-bond donors (Lipinski definition) is 1. The van der Waals surface area contributed by atoms with Gasteiger partial charge >= 0.3 is 0 Å². The molecule has 0 aromatic heterocycles. The smallest absolute Gasteiger partial charge is 0.156 e. The van der Waals surface area contributed by atoms with Crippen LogP contribution in [0.3, 0.4) is 0 Å². The van der Waals surface area contributed by atoms with E-state index in [2.05, 4.69) is 0 Å². The average molecular weight is 247 g/mol.